The Morgan fingerprint density at radius 1 is 1.38 bits per heavy atom. The van der Waals surface area contributed by atoms with Crippen molar-refractivity contribution in [1.82, 2.24) is 9.97 Å². The standard InChI is InChI=1S/C20H22F2N4O2S/c1-12-3-4-15(25-10-12)16(27)7-13-5-6-24-17(8-13)20(2)9-14(11-28-18(21)22)29-19(23)26-20/h3-6,8,10,14,18H,7,9,11H2,1-2H3,(H2,23,26)/t14-,20-/m0/s1. The SMILES string of the molecule is Cc1ccc(C(=O)Cc2ccnc([C@]3(C)C[C@@H](COC(F)F)SC(N)=N3)c2)nc1. The molecule has 29 heavy (non-hydrogen) atoms. The molecule has 0 spiro atoms. The second-order valence-corrected chi connectivity index (χ2v) is 8.45. The molecule has 154 valence electrons. The molecule has 0 amide bonds. The average Bonchev–Trinajstić information content (AvgIpc) is 2.66. The van der Waals surface area contributed by atoms with Gasteiger partial charge in [-0.25, -0.2) is 4.99 Å². The minimum atomic E-state index is -2.83. The van der Waals surface area contributed by atoms with Gasteiger partial charge in [0.2, 0.25) is 0 Å². The number of carbonyl (C=O) groups excluding carboxylic acids is 1. The molecule has 0 saturated carbocycles. The third-order valence-electron chi connectivity index (χ3n) is 4.62. The van der Waals surface area contributed by atoms with E-state index in [9.17, 15) is 13.6 Å². The molecule has 2 atom stereocenters. The fraction of sp³-hybridized carbons (Fsp3) is 0.400. The van der Waals surface area contributed by atoms with Crippen LogP contribution in [-0.2, 0) is 16.7 Å². The van der Waals surface area contributed by atoms with Crippen LogP contribution in [0.2, 0.25) is 0 Å². The second kappa shape index (κ2) is 8.96. The van der Waals surface area contributed by atoms with Crippen molar-refractivity contribution in [2.24, 2.45) is 10.7 Å². The molecule has 2 aromatic rings. The molecule has 0 radical (unpaired) electrons. The summed E-state index contributed by atoms with van der Waals surface area (Å²) in [6.45, 7) is 0.797. The highest BCUT2D eigenvalue weighted by Gasteiger charge is 2.36. The van der Waals surface area contributed by atoms with Crippen molar-refractivity contribution in [3.05, 3.63) is 59.2 Å². The third kappa shape index (κ3) is 5.57. The van der Waals surface area contributed by atoms with Crippen LogP contribution in [0.1, 0.15) is 40.7 Å². The molecule has 9 heteroatoms. The number of thioether (sulfide) groups is 1. The lowest BCUT2D eigenvalue weighted by Crippen LogP contribution is -2.36. The zero-order valence-electron chi connectivity index (χ0n) is 16.1. The minimum absolute atomic E-state index is 0.0993. The van der Waals surface area contributed by atoms with Crippen molar-refractivity contribution in [3.8, 4) is 0 Å². The van der Waals surface area contributed by atoms with Gasteiger partial charge in [0, 0.05) is 24.1 Å². The lowest BCUT2D eigenvalue weighted by Gasteiger charge is -2.33. The zero-order chi connectivity index (χ0) is 21.0. The van der Waals surface area contributed by atoms with Crippen molar-refractivity contribution in [2.45, 2.75) is 44.1 Å². The van der Waals surface area contributed by atoms with Crippen LogP contribution >= 0.6 is 11.8 Å². The molecule has 1 aliphatic heterocycles. The van der Waals surface area contributed by atoms with E-state index in [1.54, 1.807) is 24.5 Å². The Hall–Kier alpha value is -2.39. The van der Waals surface area contributed by atoms with Gasteiger partial charge in [0.05, 0.1) is 12.3 Å². The summed E-state index contributed by atoms with van der Waals surface area (Å²) in [6, 6.07) is 7.13. The normalized spacial score (nSPS) is 21.8. The lowest BCUT2D eigenvalue weighted by molar-refractivity contribution is -0.128. The quantitative estimate of drug-likeness (QED) is 0.690. The molecule has 0 aliphatic carbocycles. The number of amidine groups is 1. The predicted octanol–water partition coefficient (Wildman–Crippen LogP) is 3.49. The van der Waals surface area contributed by atoms with Gasteiger partial charge in [-0.05, 0) is 49.6 Å². The van der Waals surface area contributed by atoms with Gasteiger partial charge in [-0.15, -0.1) is 0 Å². The van der Waals surface area contributed by atoms with Gasteiger partial charge in [-0.2, -0.15) is 8.78 Å². The van der Waals surface area contributed by atoms with E-state index in [1.165, 1.54) is 11.8 Å². The molecule has 2 aromatic heterocycles. The van der Waals surface area contributed by atoms with Crippen LogP contribution in [0.3, 0.4) is 0 Å². The number of aryl methyl sites for hydroxylation is 1. The summed E-state index contributed by atoms with van der Waals surface area (Å²) < 4.78 is 29.2. The number of carbonyl (C=O) groups is 1. The van der Waals surface area contributed by atoms with Crippen LogP contribution in [0.15, 0.2) is 41.7 Å². The first-order valence-electron chi connectivity index (χ1n) is 9.08. The van der Waals surface area contributed by atoms with Crippen LogP contribution in [0.25, 0.3) is 0 Å². The van der Waals surface area contributed by atoms with Gasteiger partial charge in [0.15, 0.2) is 11.0 Å². The number of ether oxygens (including phenoxy) is 1. The molecular formula is C20H22F2N4O2S. The number of nitrogens with zero attached hydrogens (tertiary/aromatic N) is 3. The summed E-state index contributed by atoms with van der Waals surface area (Å²) in [5, 5.41) is 0.0316. The molecule has 1 aliphatic rings. The number of hydrogen-bond acceptors (Lipinski definition) is 7. The summed E-state index contributed by atoms with van der Waals surface area (Å²) >= 11 is 1.22. The first kappa shape index (κ1) is 21.3. The fourth-order valence-electron chi connectivity index (χ4n) is 3.19. The molecule has 0 saturated heterocycles. The molecule has 0 bridgehead atoms. The maximum Gasteiger partial charge on any atom is 0.345 e. The van der Waals surface area contributed by atoms with Crippen molar-refractivity contribution >= 4 is 22.7 Å². The highest BCUT2D eigenvalue weighted by Crippen LogP contribution is 2.38. The Morgan fingerprint density at radius 3 is 2.86 bits per heavy atom. The smallest absolute Gasteiger partial charge is 0.345 e. The minimum Gasteiger partial charge on any atom is -0.379 e. The number of halogens is 2. The maximum atomic E-state index is 12.5. The Labute approximate surface area is 172 Å². The van der Waals surface area contributed by atoms with Crippen LogP contribution < -0.4 is 5.73 Å². The van der Waals surface area contributed by atoms with Crippen LogP contribution in [0, 0.1) is 6.92 Å². The largest absolute Gasteiger partial charge is 0.379 e. The molecular weight excluding hydrogens is 398 g/mol. The predicted molar refractivity (Wildman–Crippen MR) is 108 cm³/mol. The van der Waals surface area contributed by atoms with E-state index in [0.717, 1.165) is 11.1 Å². The Bertz CT molecular complexity index is 908. The number of hydrogen-bond donors (Lipinski definition) is 1. The first-order chi connectivity index (χ1) is 13.7. The van der Waals surface area contributed by atoms with Gasteiger partial charge >= 0.3 is 6.61 Å². The third-order valence-corrected chi connectivity index (χ3v) is 5.58. The number of pyridine rings is 2. The van der Waals surface area contributed by atoms with Gasteiger partial charge in [0.25, 0.3) is 0 Å². The van der Waals surface area contributed by atoms with E-state index in [4.69, 9.17) is 5.73 Å². The average molecular weight is 420 g/mol. The maximum absolute atomic E-state index is 12.5. The van der Waals surface area contributed by atoms with E-state index >= 15 is 0 Å². The zero-order valence-corrected chi connectivity index (χ0v) is 17.0. The van der Waals surface area contributed by atoms with E-state index in [2.05, 4.69) is 19.7 Å². The second-order valence-electron chi connectivity index (χ2n) is 7.13. The molecule has 0 aromatic carbocycles. The summed E-state index contributed by atoms with van der Waals surface area (Å²) in [4.78, 5) is 25.6. The summed E-state index contributed by atoms with van der Waals surface area (Å²) in [5.74, 6) is -0.0993. The van der Waals surface area contributed by atoms with Gasteiger partial charge in [-0.1, -0.05) is 17.8 Å². The Morgan fingerprint density at radius 2 is 2.17 bits per heavy atom. The van der Waals surface area contributed by atoms with E-state index < -0.39 is 12.2 Å². The summed E-state index contributed by atoms with van der Waals surface area (Å²) in [5.41, 5.74) is 7.94. The number of rotatable bonds is 7. The topological polar surface area (TPSA) is 90.5 Å². The number of alkyl halides is 2. The molecule has 3 heterocycles. The monoisotopic (exact) mass is 420 g/mol. The van der Waals surface area contributed by atoms with Gasteiger partial charge in [-0.3, -0.25) is 14.8 Å². The number of ketones is 1. The van der Waals surface area contributed by atoms with Crippen LogP contribution in [0.5, 0.6) is 0 Å². The Kier molecular flexibility index (Phi) is 6.59. The van der Waals surface area contributed by atoms with Crippen molar-refractivity contribution in [1.29, 1.82) is 0 Å². The van der Waals surface area contributed by atoms with Gasteiger partial charge < -0.3 is 10.5 Å². The number of Topliss-reactive ketones (excluding diaryl/α,β-unsaturated/α-hetero) is 1. The van der Waals surface area contributed by atoms with Crippen LogP contribution in [0.4, 0.5) is 8.78 Å². The number of aromatic nitrogens is 2. The van der Waals surface area contributed by atoms with Crippen molar-refractivity contribution < 1.29 is 18.3 Å². The lowest BCUT2D eigenvalue weighted by atomic mass is 9.90. The first-order valence-corrected chi connectivity index (χ1v) is 9.96. The molecule has 2 N–H and O–H groups in total. The highest BCUT2D eigenvalue weighted by molar-refractivity contribution is 8.14. The molecule has 3 rings (SSSR count). The molecule has 0 unspecified atom stereocenters. The molecule has 6 nitrogen and oxygen atoms in total. The van der Waals surface area contributed by atoms with Crippen LogP contribution in [-0.4, -0.2) is 39.4 Å². The summed E-state index contributed by atoms with van der Waals surface area (Å²) in [6.07, 6.45) is 3.89. The fourth-order valence-corrected chi connectivity index (χ4v) is 4.34. The highest BCUT2D eigenvalue weighted by atomic mass is 32.2. The van der Waals surface area contributed by atoms with E-state index in [0.29, 0.717) is 23.0 Å². The Balaban J connectivity index is 1.77. The number of nitrogens with two attached hydrogens (primary N) is 1. The number of aliphatic imine (C=N–C) groups is 1. The van der Waals surface area contributed by atoms with Crippen molar-refractivity contribution in [2.75, 3.05) is 6.61 Å². The van der Waals surface area contributed by atoms with Gasteiger partial charge in [0.1, 0.15) is 11.2 Å². The molecule has 0 fully saturated rings. The van der Waals surface area contributed by atoms with E-state index in [-0.39, 0.29) is 24.1 Å². The summed E-state index contributed by atoms with van der Waals surface area (Å²) in [7, 11) is 0. The van der Waals surface area contributed by atoms with E-state index in [1.807, 2.05) is 26.0 Å². The van der Waals surface area contributed by atoms with Crippen molar-refractivity contribution in [3.63, 3.8) is 0 Å².